The maximum absolute atomic E-state index is 13.1. The van der Waals surface area contributed by atoms with Gasteiger partial charge >= 0.3 is 0 Å². The van der Waals surface area contributed by atoms with Crippen LogP contribution in [-0.2, 0) is 4.74 Å². The number of rotatable bonds is 6. The summed E-state index contributed by atoms with van der Waals surface area (Å²) in [6, 6.07) is 8.64. The van der Waals surface area contributed by atoms with Crippen LogP contribution in [0.3, 0.4) is 0 Å². The number of ketones is 1. The van der Waals surface area contributed by atoms with Crippen molar-refractivity contribution < 1.29 is 28.1 Å². The van der Waals surface area contributed by atoms with E-state index in [2.05, 4.69) is 5.32 Å². The normalized spacial score (nSPS) is 19.2. The summed E-state index contributed by atoms with van der Waals surface area (Å²) in [6.45, 7) is 0.206. The van der Waals surface area contributed by atoms with Crippen molar-refractivity contribution in [3.8, 4) is 17.2 Å². The Balaban J connectivity index is 1.80. The van der Waals surface area contributed by atoms with Crippen LogP contribution in [0.1, 0.15) is 22.1 Å². The van der Waals surface area contributed by atoms with E-state index in [4.69, 9.17) is 18.9 Å². The average Bonchev–Trinajstić information content (AvgIpc) is 3.16. The van der Waals surface area contributed by atoms with E-state index in [1.807, 2.05) is 0 Å². The smallest absolute Gasteiger partial charge is 0.203 e. The summed E-state index contributed by atoms with van der Waals surface area (Å²) in [5, 5.41) is 3.12. The van der Waals surface area contributed by atoms with Crippen molar-refractivity contribution in [1.29, 1.82) is 0 Å². The van der Waals surface area contributed by atoms with Gasteiger partial charge in [0.2, 0.25) is 5.75 Å². The Morgan fingerprint density at radius 1 is 1.08 bits per heavy atom. The van der Waals surface area contributed by atoms with Gasteiger partial charge in [-0.1, -0.05) is 12.1 Å². The Hall–Kier alpha value is -2.64. The summed E-state index contributed by atoms with van der Waals surface area (Å²) in [6.07, 6.45) is -0.466. The maximum atomic E-state index is 13.1. The molecule has 2 unspecified atom stereocenters. The van der Waals surface area contributed by atoms with Crippen LogP contribution in [0.4, 0.5) is 4.39 Å². The van der Waals surface area contributed by atoms with Gasteiger partial charge in [-0.2, -0.15) is 0 Å². The van der Waals surface area contributed by atoms with Crippen molar-refractivity contribution in [2.75, 3.05) is 27.9 Å². The molecule has 3 rings (SSSR count). The molecule has 6 nitrogen and oxygen atoms in total. The molecule has 0 amide bonds. The van der Waals surface area contributed by atoms with Crippen molar-refractivity contribution in [1.82, 2.24) is 5.32 Å². The van der Waals surface area contributed by atoms with E-state index < -0.39 is 12.3 Å². The summed E-state index contributed by atoms with van der Waals surface area (Å²) < 4.78 is 34.6. The molecule has 1 aliphatic heterocycles. The van der Waals surface area contributed by atoms with Gasteiger partial charge in [-0.15, -0.1) is 0 Å². The molecule has 0 bridgehead atoms. The van der Waals surface area contributed by atoms with E-state index in [0.29, 0.717) is 22.8 Å². The largest absolute Gasteiger partial charge is 0.493 e. The van der Waals surface area contributed by atoms with Gasteiger partial charge in [0.1, 0.15) is 12.0 Å². The lowest BCUT2D eigenvalue weighted by molar-refractivity contribution is 0.0908. The van der Waals surface area contributed by atoms with Crippen LogP contribution in [-0.4, -0.2) is 39.8 Å². The molecule has 0 radical (unpaired) electrons. The van der Waals surface area contributed by atoms with Gasteiger partial charge < -0.3 is 18.9 Å². The first-order valence-corrected chi connectivity index (χ1v) is 8.04. The first-order valence-electron chi connectivity index (χ1n) is 8.04. The van der Waals surface area contributed by atoms with Crippen molar-refractivity contribution in [2.24, 2.45) is 0 Å². The lowest BCUT2D eigenvalue weighted by atomic mass is 10.0. The number of hydrogen-bond donors (Lipinski definition) is 1. The molecule has 0 spiro atoms. The number of methoxy groups -OCH3 is 3. The van der Waals surface area contributed by atoms with Gasteiger partial charge in [0.05, 0.1) is 34.0 Å². The van der Waals surface area contributed by atoms with Gasteiger partial charge in [-0.25, -0.2) is 4.39 Å². The molecule has 1 aliphatic rings. The van der Waals surface area contributed by atoms with Crippen LogP contribution >= 0.6 is 0 Å². The second kappa shape index (κ2) is 7.72. The van der Waals surface area contributed by atoms with Crippen LogP contribution in [0.2, 0.25) is 0 Å². The molecule has 0 aliphatic carbocycles. The highest BCUT2D eigenvalue weighted by Gasteiger charge is 2.32. The molecular weight excluding hydrogens is 341 g/mol. The minimum atomic E-state index is -0.534. The molecule has 7 heteroatoms. The number of nitrogens with one attached hydrogen (secondary N) is 1. The van der Waals surface area contributed by atoms with Gasteiger partial charge in [-0.05, 0) is 29.8 Å². The van der Waals surface area contributed by atoms with Crippen molar-refractivity contribution in [3.05, 3.63) is 53.3 Å². The molecule has 0 saturated carbocycles. The van der Waals surface area contributed by atoms with E-state index in [9.17, 15) is 9.18 Å². The fraction of sp³-hybridized carbons (Fsp3) is 0.316. The van der Waals surface area contributed by atoms with Crippen LogP contribution in [0.15, 0.2) is 36.4 Å². The maximum Gasteiger partial charge on any atom is 0.203 e. The van der Waals surface area contributed by atoms with Gasteiger partial charge in [0.25, 0.3) is 0 Å². The number of carbonyl (C=O) groups is 1. The minimum Gasteiger partial charge on any atom is -0.493 e. The minimum absolute atomic E-state index is 0.158. The molecule has 1 fully saturated rings. The first kappa shape index (κ1) is 18.2. The zero-order valence-corrected chi connectivity index (χ0v) is 14.7. The van der Waals surface area contributed by atoms with E-state index >= 15 is 0 Å². The quantitative estimate of drug-likeness (QED) is 0.798. The van der Waals surface area contributed by atoms with E-state index in [0.717, 1.165) is 5.56 Å². The van der Waals surface area contributed by atoms with Gasteiger partial charge in [0.15, 0.2) is 17.3 Å². The molecule has 1 heterocycles. The third-order valence-corrected chi connectivity index (χ3v) is 4.22. The van der Waals surface area contributed by atoms with Crippen LogP contribution in [0.25, 0.3) is 0 Å². The van der Waals surface area contributed by atoms with Gasteiger partial charge in [0, 0.05) is 5.56 Å². The highest BCUT2D eigenvalue weighted by Crippen LogP contribution is 2.38. The first-order chi connectivity index (χ1) is 12.6. The summed E-state index contributed by atoms with van der Waals surface area (Å²) >= 11 is 0. The lowest BCUT2D eigenvalue weighted by Gasteiger charge is -2.15. The fourth-order valence-electron chi connectivity index (χ4n) is 2.88. The highest BCUT2D eigenvalue weighted by atomic mass is 19.1. The van der Waals surface area contributed by atoms with E-state index in [1.165, 1.54) is 33.5 Å². The third-order valence-electron chi connectivity index (χ3n) is 4.22. The molecule has 138 valence electrons. The monoisotopic (exact) mass is 361 g/mol. The molecule has 1 N–H and O–H groups in total. The number of carbonyl (C=O) groups excluding carboxylic acids is 1. The zero-order valence-electron chi connectivity index (χ0n) is 14.7. The Labute approximate surface area is 150 Å². The molecule has 1 saturated heterocycles. The van der Waals surface area contributed by atoms with Crippen LogP contribution in [0, 0.1) is 5.82 Å². The topological polar surface area (TPSA) is 66.0 Å². The number of benzene rings is 2. The number of halogens is 1. The predicted molar refractivity (Wildman–Crippen MR) is 92.4 cm³/mol. The summed E-state index contributed by atoms with van der Waals surface area (Å²) in [5.41, 5.74) is 1.17. The molecular formula is C19H20FNO5. The lowest BCUT2D eigenvalue weighted by Crippen LogP contribution is -2.34. The second-order valence-corrected chi connectivity index (χ2v) is 5.76. The van der Waals surface area contributed by atoms with Gasteiger partial charge in [-0.3, -0.25) is 10.1 Å². The van der Waals surface area contributed by atoms with Crippen LogP contribution in [0.5, 0.6) is 17.2 Å². The number of hydrogen-bond acceptors (Lipinski definition) is 6. The Morgan fingerprint density at radius 2 is 1.69 bits per heavy atom. The Kier molecular flexibility index (Phi) is 5.39. The second-order valence-electron chi connectivity index (χ2n) is 5.76. The van der Waals surface area contributed by atoms with Crippen LogP contribution < -0.4 is 19.5 Å². The average molecular weight is 361 g/mol. The van der Waals surface area contributed by atoms with Crippen molar-refractivity contribution >= 4 is 5.78 Å². The number of Topliss-reactive ketones (excluding diaryl/α,β-unsaturated/α-hetero) is 1. The number of ether oxygens (including phenoxy) is 4. The van der Waals surface area contributed by atoms with Crippen molar-refractivity contribution in [2.45, 2.75) is 12.3 Å². The molecule has 2 aromatic carbocycles. The standard InChI is InChI=1S/C19H20FNO5/c1-23-15-8-12(9-16(24-2)18(15)25-3)17(22)14-10-26-19(21-14)11-4-6-13(20)7-5-11/h4-9,14,19,21H,10H2,1-3H3. The van der Waals surface area contributed by atoms with Crippen molar-refractivity contribution in [3.63, 3.8) is 0 Å². The predicted octanol–water partition coefficient (Wildman–Crippen LogP) is 2.72. The molecule has 26 heavy (non-hydrogen) atoms. The summed E-state index contributed by atoms with van der Waals surface area (Å²) in [5.74, 6) is 0.755. The fourth-order valence-corrected chi connectivity index (χ4v) is 2.88. The summed E-state index contributed by atoms with van der Waals surface area (Å²) in [7, 11) is 4.49. The van der Waals surface area contributed by atoms with E-state index in [-0.39, 0.29) is 18.2 Å². The Morgan fingerprint density at radius 3 is 2.23 bits per heavy atom. The highest BCUT2D eigenvalue weighted by molar-refractivity contribution is 6.01. The molecule has 2 atom stereocenters. The SMILES string of the molecule is COc1cc(C(=O)C2COC(c3ccc(F)cc3)N2)cc(OC)c1OC. The molecule has 2 aromatic rings. The third kappa shape index (κ3) is 3.49. The van der Waals surface area contributed by atoms with E-state index in [1.54, 1.807) is 24.3 Å². The zero-order chi connectivity index (χ0) is 18.7. The Bertz CT molecular complexity index is 768. The summed E-state index contributed by atoms with van der Waals surface area (Å²) in [4.78, 5) is 12.9. The molecule has 0 aromatic heterocycles.